The number of ether oxygens (including phenoxy) is 4. The maximum absolute atomic E-state index is 13.7. The summed E-state index contributed by atoms with van der Waals surface area (Å²) in [5.74, 6) is -8.18. The summed E-state index contributed by atoms with van der Waals surface area (Å²) in [6.45, 7) is 0.240. The first kappa shape index (κ1) is 32.0. The molecule has 1 aliphatic rings. The summed E-state index contributed by atoms with van der Waals surface area (Å²) in [5.41, 5.74) is 1.75. The number of para-hydroxylation sites is 1. The highest BCUT2D eigenvalue weighted by Crippen LogP contribution is 2.38. The van der Waals surface area contributed by atoms with Gasteiger partial charge in [-0.1, -0.05) is 54.6 Å². The zero-order chi connectivity index (χ0) is 31.9. The van der Waals surface area contributed by atoms with E-state index >= 15 is 0 Å². The van der Waals surface area contributed by atoms with Crippen LogP contribution in [-0.4, -0.2) is 82.2 Å². The van der Waals surface area contributed by atoms with Crippen LogP contribution in [0.2, 0.25) is 0 Å². The number of aliphatic carboxylic acids is 3. The molecule has 0 aliphatic carbocycles. The Hall–Kier alpha value is -4.94. The molecule has 44 heavy (non-hydrogen) atoms. The van der Waals surface area contributed by atoms with E-state index in [4.69, 9.17) is 18.9 Å². The van der Waals surface area contributed by atoms with Crippen LogP contribution in [0.4, 0.5) is 0 Å². The largest absolute Gasteiger partial charge is 0.493 e. The van der Waals surface area contributed by atoms with Gasteiger partial charge >= 0.3 is 23.7 Å². The normalized spacial score (nSPS) is 16.8. The van der Waals surface area contributed by atoms with Gasteiger partial charge in [-0.3, -0.25) is 9.59 Å². The number of hydrogen-bond acceptors (Lipinski definition) is 8. The van der Waals surface area contributed by atoms with Crippen LogP contribution in [0.15, 0.2) is 78.9 Å². The number of rotatable bonds is 14. The number of carbonyl (C=O) groups is 4. The second-order valence-electron chi connectivity index (χ2n) is 10.2. The number of carbonyl (C=O) groups excluding carboxylic acids is 1. The molecule has 3 unspecified atom stereocenters. The highest BCUT2D eigenvalue weighted by molar-refractivity contribution is 6.01. The van der Waals surface area contributed by atoms with E-state index in [1.807, 2.05) is 54.6 Å². The van der Waals surface area contributed by atoms with Gasteiger partial charge in [0, 0.05) is 12.0 Å². The fourth-order valence-electron chi connectivity index (χ4n) is 5.14. The van der Waals surface area contributed by atoms with Gasteiger partial charge in [0.1, 0.15) is 12.3 Å². The standard InChI is InChI=1S/C32H33NO11/c1-20(33(18-28(34)35)29(36)27-19-42-32(44-27,30(37)38)31(39)40)24(15-13-21-9-5-3-6-10-21)22-14-16-25(26(17-22)41-2)43-23-11-7-4-8-12-23/h3-12,14,16-17,20,24,27H,13,15,18-19H2,1-2H3,(H,34,35)(H,37,38)(H,39,40). The number of amides is 1. The second-order valence-corrected chi connectivity index (χ2v) is 10.2. The lowest BCUT2D eigenvalue weighted by Crippen LogP contribution is -2.52. The lowest BCUT2D eigenvalue weighted by Gasteiger charge is -2.35. The van der Waals surface area contributed by atoms with Crippen LogP contribution < -0.4 is 9.47 Å². The molecule has 3 atom stereocenters. The molecule has 0 radical (unpaired) electrons. The van der Waals surface area contributed by atoms with Crippen molar-refractivity contribution < 1.29 is 53.4 Å². The van der Waals surface area contributed by atoms with Crippen molar-refractivity contribution in [3.63, 3.8) is 0 Å². The molecular weight excluding hydrogens is 574 g/mol. The molecule has 1 heterocycles. The quantitative estimate of drug-likeness (QED) is 0.228. The molecule has 4 rings (SSSR count). The first-order valence-electron chi connectivity index (χ1n) is 13.8. The summed E-state index contributed by atoms with van der Waals surface area (Å²) in [5, 5.41) is 28.6. The minimum Gasteiger partial charge on any atom is -0.493 e. The minimum atomic E-state index is -3.08. The number of benzene rings is 3. The average Bonchev–Trinajstić information content (AvgIpc) is 3.49. The van der Waals surface area contributed by atoms with Gasteiger partial charge in [0.15, 0.2) is 17.6 Å². The third kappa shape index (κ3) is 7.16. The maximum atomic E-state index is 13.7. The number of carboxylic acids is 3. The number of aryl methyl sites for hydroxylation is 1. The van der Waals surface area contributed by atoms with Crippen LogP contribution in [0.5, 0.6) is 17.2 Å². The van der Waals surface area contributed by atoms with Gasteiger partial charge < -0.3 is 39.2 Å². The van der Waals surface area contributed by atoms with Crippen LogP contribution in [0, 0.1) is 0 Å². The zero-order valence-corrected chi connectivity index (χ0v) is 24.1. The van der Waals surface area contributed by atoms with E-state index < -0.39 is 60.8 Å². The molecule has 0 bridgehead atoms. The van der Waals surface area contributed by atoms with Crippen molar-refractivity contribution in [1.82, 2.24) is 4.90 Å². The smallest absolute Gasteiger partial charge is 0.377 e. The first-order valence-corrected chi connectivity index (χ1v) is 13.8. The molecule has 3 aromatic carbocycles. The summed E-state index contributed by atoms with van der Waals surface area (Å²) < 4.78 is 21.7. The molecule has 0 spiro atoms. The highest BCUT2D eigenvalue weighted by atomic mass is 16.8. The fourth-order valence-corrected chi connectivity index (χ4v) is 5.14. The lowest BCUT2D eigenvalue weighted by atomic mass is 9.85. The SMILES string of the molecule is COc1cc(C(CCc2ccccc2)C(C)N(CC(=O)O)C(=O)C2COC(C(=O)O)(C(=O)O)O2)ccc1Oc1ccccc1. The van der Waals surface area contributed by atoms with E-state index in [0.717, 1.165) is 16.0 Å². The number of nitrogens with zero attached hydrogens (tertiary/aromatic N) is 1. The van der Waals surface area contributed by atoms with Crippen LogP contribution in [0.25, 0.3) is 0 Å². The molecule has 1 aliphatic heterocycles. The maximum Gasteiger partial charge on any atom is 0.377 e. The first-order chi connectivity index (χ1) is 21.1. The predicted octanol–water partition coefficient (Wildman–Crippen LogP) is 3.79. The summed E-state index contributed by atoms with van der Waals surface area (Å²) >= 11 is 0. The molecule has 3 N–H and O–H groups in total. The van der Waals surface area contributed by atoms with Gasteiger partial charge in [0.05, 0.1) is 13.7 Å². The van der Waals surface area contributed by atoms with Crippen molar-refractivity contribution in [1.29, 1.82) is 0 Å². The molecule has 1 saturated heterocycles. The Morgan fingerprint density at radius 3 is 2.14 bits per heavy atom. The van der Waals surface area contributed by atoms with Gasteiger partial charge in [-0.05, 0) is 55.2 Å². The van der Waals surface area contributed by atoms with E-state index in [9.17, 15) is 34.5 Å². The minimum absolute atomic E-state index is 0.416. The lowest BCUT2D eigenvalue weighted by molar-refractivity contribution is -0.218. The molecule has 0 aromatic heterocycles. The van der Waals surface area contributed by atoms with E-state index in [2.05, 4.69) is 0 Å². The van der Waals surface area contributed by atoms with E-state index in [-0.39, 0.29) is 0 Å². The summed E-state index contributed by atoms with van der Waals surface area (Å²) in [6.07, 6.45) is -0.595. The Bertz CT molecular complexity index is 1460. The molecular formula is C32H33NO11. The molecule has 1 fully saturated rings. The van der Waals surface area contributed by atoms with Crippen molar-refractivity contribution in [2.45, 2.75) is 43.6 Å². The Balaban J connectivity index is 1.68. The molecule has 232 valence electrons. The average molecular weight is 608 g/mol. The summed E-state index contributed by atoms with van der Waals surface area (Å²) in [4.78, 5) is 50.0. The van der Waals surface area contributed by atoms with Gasteiger partial charge in [0.2, 0.25) is 0 Å². The van der Waals surface area contributed by atoms with Gasteiger partial charge in [0.25, 0.3) is 5.91 Å². The second kappa shape index (κ2) is 14.0. The van der Waals surface area contributed by atoms with Crippen molar-refractivity contribution >= 4 is 23.8 Å². The predicted molar refractivity (Wildman–Crippen MR) is 155 cm³/mol. The monoisotopic (exact) mass is 607 g/mol. The van der Waals surface area contributed by atoms with Gasteiger partial charge in [-0.2, -0.15) is 0 Å². The van der Waals surface area contributed by atoms with Crippen molar-refractivity contribution in [2.75, 3.05) is 20.3 Å². The molecule has 3 aromatic rings. The van der Waals surface area contributed by atoms with Crippen LogP contribution in [-0.2, 0) is 35.1 Å². The Morgan fingerprint density at radius 1 is 0.932 bits per heavy atom. The van der Waals surface area contributed by atoms with Crippen molar-refractivity contribution in [3.05, 3.63) is 90.0 Å². The van der Waals surface area contributed by atoms with Crippen molar-refractivity contribution in [2.24, 2.45) is 0 Å². The van der Waals surface area contributed by atoms with Crippen LogP contribution in [0.1, 0.15) is 30.4 Å². The molecule has 12 nitrogen and oxygen atoms in total. The zero-order valence-electron chi connectivity index (χ0n) is 24.1. The fraction of sp³-hybridized carbons (Fsp3) is 0.312. The Morgan fingerprint density at radius 2 is 1.57 bits per heavy atom. The highest BCUT2D eigenvalue weighted by Gasteiger charge is 2.58. The van der Waals surface area contributed by atoms with E-state index in [1.165, 1.54) is 7.11 Å². The molecule has 12 heteroatoms. The Labute approximate surface area is 253 Å². The number of carboxylic acid groups (broad SMARTS) is 3. The topological polar surface area (TPSA) is 169 Å². The molecule has 0 saturated carbocycles. The Kier molecular flexibility index (Phi) is 10.2. The van der Waals surface area contributed by atoms with E-state index in [0.29, 0.717) is 30.1 Å². The van der Waals surface area contributed by atoms with E-state index in [1.54, 1.807) is 31.2 Å². The number of methoxy groups -OCH3 is 1. The van der Waals surface area contributed by atoms with Crippen LogP contribution in [0.3, 0.4) is 0 Å². The summed E-state index contributed by atoms with van der Waals surface area (Å²) in [6, 6.07) is 23.3. The van der Waals surface area contributed by atoms with Crippen molar-refractivity contribution in [3.8, 4) is 17.2 Å². The number of hydrogen-bond donors (Lipinski definition) is 3. The third-order valence-electron chi connectivity index (χ3n) is 7.42. The van der Waals surface area contributed by atoms with Gasteiger partial charge in [-0.25, -0.2) is 9.59 Å². The van der Waals surface area contributed by atoms with Gasteiger partial charge in [-0.15, -0.1) is 0 Å². The molecule has 1 amide bonds. The summed E-state index contributed by atoms with van der Waals surface area (Å²) in [7, 11) is 1.49. The third-order valence-corrected chi connectivity index (χ3v) is 7.42. The van der Waals surface area contributed by atoms with Crippen LogP contribution >= 0.6 is 0 Å².